The fourth-order valence-electron chi connectivity index (χ4n) is 3.32. The Kier molecular flexibility index (Phi) is 3.84. The van der Waals surface area contributed by atoms with Crippen LogP contribution in [-0.2, 0) is 16.0 Å². The fraction of sp³-hybridized carbons (Fsp3) is 0.471. The van der Waals surface area contributed by atoms with Crippen molar-refractivity contribution >= 4 is 11.8 Å². The van der Waals surface area contributed by atoms with Crippen LogP contribution < -0.4 is 5.32 Å². The van der Waals surface area contributed by atoms with Gasteiger partial charge in [0.25, 0.3) is 0 Å². The number of piperidine rings is 1. The number of benzene rings is 1. The van der Waals surface area contributed by atoms with Gasteiger partial charge in [-0.05, 0) is 36.0 Å². The molecule has 0 bridgehead atoms. The van der Waals surface area contributed by atoms with Gasteiger partial charge < -0.3 is 10.2 Å². The zero-order chi connectivity index (χ0) is 15.6. The van der Waals surface area contributed by atoms with Crippen LogP contribution in [0.2, 0.25) is 0 Å². The van der Waals surface area contributed by atoms with Crippen LogP contribution in [0.25, 0.3) is 0 Å². The lowest BCUT2D eigenvalue weighted by molar-refractivity contribution is -0.132. The largest absolute Gasteiger partial charge is 0.356 e. The Labute approximate surface area is 129 Å². The number of hydrogen-bond donors (Lipinski definition) is 1. The molecule has 3 rings (SSSR count). The molecule has 2 amide bonds. The fourth-order valence-corrected chi connectivity index (χ4v) is 3.32. The van der Waals surface area contributed by atoms with Crippen LogP contribution in [0.15, 0.2) is 24.3 Å². The Morgan fingerprint density at radius 1 is 1.27 bits per heavy atom. The molecule has 5 heteroatoms. The molecule has 1 aromatic carbocycles. The van der Waals surface area contributed by atoms with Crippen LogP contribution in [0, 0.1) is 16.7 Å². The number of carbonyl (C=O) groups excluding carboxylic acids is 2. The van der Waals surface area contributed by atoms with E-state index in [4.69, 9.17) is 5.26 Å². The molecule has 114 valence electrons. The average Bonchev–Trinajstić information content (AvgIpc) is 2.89. The molecule has 5 nitrogen and oxygen atoms in total. The first-order valence-electron chi connectivity index (χ1n) is 7.64. The van der Waals surface area contributed by atoms with Crippen molar-refractivity contribution in [1.29, 1.82) is 5.26 Å². The number of likely N-dealkylation sites (tertiary alicyclic amines) is 1. The van der Waals surface area contributed by atoms with Gasteiger partial charge in [-0.2, -0.15) is 5.26 Å². The Bertz CT molecular complexity index is 622. The second-order valence-electron chi connectivity index (χ2n) is 6.32. The van der Waals surface area contributed by atoms with Gasteiger partial charge in [0, 0.05) is 26.1 Å². The summed E-state index contributed by atoms with van der Waals surface area (Å²) in [6, 6.07) is 9.22. The van der Waals surface area contributed by atoms with Gasteiger partial charge in [-0.3, -0.25) is 9.59 Å². The normalized spacial score (nSPS) is 19.8. The van der Waals surface area contributed by atoms with Gasteiger partial charge in [0.05, 0.1) is 18.1 Å². The predicted octanol–water partition coefficient (Wildman–Crippen LogP) is 1.23. The highest BCUT2D eigenvalue weighted by atomic mass is 16.2. The lowest BCUT2D eigenvalue weighted by Crippen LogP contribution is -2.44. The maximum Gasteiger partial charge on any atom is 0.226 e. The summed E-state index contributed by atoms with van der Waals surface area (Å²) in [5.74, 6) is 0.259. The van der Waals surface area contributed by atoms with Crippen LogP contribution in [0.3, 0.4) is 0 Å². The molecule has 0 atom stereocenters. The number of nitrogens with zero attached hydrogens (tertiary/aromatic N) is 2. The van der Waals surface area contributed by atoms with E-state index < -0.39 is 0 Å². The maximum atomic E-state index is 12.4. The lowest BCUT2D eigenvalue weighted by Gasteiger charge is -2.38. The monoisotopic (exact) mass is 297 g/mol. The van der Waals surface area contributed by atoms with Crippen LogP contribution in [0.4, 0.5) is 0 Å². The highest BCUT2D eigenvalue weighted by Crippen LogP contribution is 2.37. The Balaban J connectivity index is 1.55. The van der Waals surface area contributed by atoms with Crippen molar-refractivity contribution in [2.75, 3.05) is 19.6 Å². The summed E-state index contributed by atoms with van der Waals surface area (Å²) in [5, 5.41) is 11.7. The molecule has 2 heterocycles. The van der Waals surface area contributed by atoms with E-state index in [2.05, 4.69) is 11.4 Å². The highest BCUT2D eigenvalue weighted by Gasteiger charge is 2.41. The minimum Gasteiger partial charge on any atom is -0.356 e. The quantitative estimate of drug-likeness (QED) is 0.892. The van der Waals surface area contributed by atoms with E-state index in [1.54, 1.807) is 12.1 Å². The molecular formula is C17H19N3O2. The molecule has 0 radical (unpaired) electrons. The Morgan fingerprint density at radius 3 is 2.50 bits per heavy atom. The van der Waals surface area contributed by atoms with Gasteiger partial charge in [0.1, 0.15) is 0 Å². The van der Waals surface area contributed by atoms with Gasteiger partial charge >= 0.3 is 0 Å². The molecule has 1 spiro atoms. The summed E-state index contributed by atoms with van der Waals surface area (Å²) in [6.07, 6.45) is 2.76. The van der Waals surface area contributed by atoms with Gasteiger partial charge in [0.2, 0.25) is 11.8 Å². The van der Waals surface area contributed by atoms with E-state index in [0.29, 0.717) is 18.4 Å². The summed E-state index contributed by atoms with van der Waals surface area (Å²) in [7, 11) is 0. The second kappa shape index (κ2) is 5.80. The van der Waals surface area contributed by atoms with E-state index in [1.165, 1.54) is 0 Å². The summed E-state index contributed by atoms with van der Waals surface area (Å²) in [4.78, 5) is 25.7. The zero-order valence-electron chi connectivity index (χ0n) is 12.5. The minimum atomic E-state index is 0.0717. The third kappa shape index (κ3) is 2.96. The van der Waals surface area contributed by atoms with Gasteiger partial charge in [-0.1, -0.05) is 12.1 Å². The number of rotatable bonds is 2. The van der Waals surface area contributed by atoms with Crippen molar-refractivity contribution in [1.82, 2.24) is 10.2 Å². The Hall–Kier alpha value is -2.35. The SMILES string of the molecule is N#Cc1ccc(CC(=O)N2CCC3(CC2)CNC(=O)C3)cc1. The first kappa shape index (κ1) is 14.6. The van der Waals surface area contributed by atoms with E-state index in [-0.39, 0.29) is 17.2 Å². The molecule has 0 saturated carbocycles. The lowest BCUT2D eigenvalue weighted by atomic mass is 9.77. The third-order valence-electron chi connectivity index (χ3n) is 4.81. The van der Waals surface area contributed by atoms with Crippen molar-refractivity contribution in [2.24, 2.45) is 5.41 Å². The Morgan fingerprint density at radius 2 is 1.95 bits per heavy atom. The number of amides is 2. The standard InChI is InChI=1S/C17H19N3O2/c18-11-14-3-1-13(2-4-14)9-16(22)20-7-5-17(6-8-20)10-15(21)19-12-17/h1-4H,5-10,12H2,(H,19,21). The summed E-state index contributed by atoms with van der Waals surface area (Å²) < 4.78 is 0. The number of carbonyl (C=O) groups is 2. The van der Waals surface area contributed by atoms with Crippen molar-refractivity contribution < 1.29 is 9.59 Å². The molecule has 2 fully saturated rings. The van der Waals surface area contributed by atoms with Crippen LogP contribution >= 0.6 is 0 Å². The summed E-state index contributed by atoms with van der Waals surface area (Å²) in [6.45, 7) is 2.21. The maximum absolute atomic E-state index is 12.4. The molecule has 0 aliphatic carbocycles. The molecule has 1 aromatic rings. The first-order chi connectivity index (χ1) is 10.6. The van der Waals surface area contributed by atoms with E-state index >= 15 is 0 Å². The highest BCUT2D eigenvalue weighted by molar-refractivity contribution is 5.80. The van der Waals surface area contributed by atoms with E-state index in [1.807, 2.05) is 17.0 Å². The molecule has 22 heavy (non-hydrogen) atoms. The van der Waals surface area contributed by atoms with Crippen molar-refractivity contribution in [3.63, 3.8) is 0 Å². The summed E-state index contributed by atoms with van der Waals surface area (Å²) in [5.41, 5.74) is 1.61. The molecular weight excluding hydrogens is 278 g/mol. The van der Waals surface area contributed by atoms with Crippen molar-refractivity contribution in [3.8, 4) is 6.07 Å². The van der Waals surface area contributed by atoms with Crippen LogP contribution in [0.1, 0.15) is 30.4 Å². The average molecular weight is 297 g/mol. The number of nitriles is 1. The molecule has 0 aromatic heterocycles. The molecule has 0 unspecified atom stereocenters. The molecule has 1 N–H and O–H groups in total. The first-order valence-corrected chi connectivity index (χ1v) is 7.64. The van der Waals surface area contributed by atoms with E-state index in [0.717, 1.165) is 38.0 Å². The van der Waals surface area contributed by atoms with Crippen LogP contribution in [-0.4, -0.2) is 36.3 Å². The molecule has 2 saturated heterocycles. The number of nitrogens with one attached hydrogen (secondary N) is 1. The predicted molar refractivity (Wildman–Crippen MR) is 80.7 cm³/mol. The van der Waals surface area contributed by atoms with Crippen molar-refractivity contribution in [3.05, 3.63) is 35.4 Å². The third-order valence-corrected chi connectivity index (χ3v) is 4.81. The van der Waals surface area contributed by atoms with Crippen LogP contribution in [0.5, 0.6) is 0 Å². The van der Waals surface area contributed by atoms with E-state index in [9.17, 15) is 9.59 Å². The number of hydrogen-bond acceptors (Lipinski definition) is 3. The minimum absolute atomic E-state index is 0.0717. The molecule has 2 aliphatic rings. The van der Waals surface area contributed by atoms with Gasteiger partial charge in [0.15, 0.2) is 0 Å². The zero-order valence-corrected chi connectivity index (χ0v) is 12.5. The second-order valence-corrected chi connectivity index (χ2v) is 6.32. The molecule has 2 aliphatic heterocycles. The van der Waals surface area contributed by atoms with Gasteiger partial charge in [-0.25, -0.2) is 0 Å². The van der Waals surface area contributed by atoms with Crippen molar-refractivity contribution in [2.45, 2.75) is 25.7 Å². The topological polar surface area (TPSA) is 73.2 Å². The smallest absolute Gasteiger partial charge is 0.226 e. The summed E-state index contributed by atoms with van der Waals surface area (Å²) >= 11 is 0. The van der Waals surface area contributed by atoms with Gasteiger partial charge in [-0.15, -0.1) is 0 Å².